The number of rotatable bonds is 6. The monoisotopic (exact) mass is 653 g/mol. The summed E-state index contributed by atoms with van der Waals surface area (Å²) in [6.07, 6.45) is 0.917. The van der Waals surface area contributed by atoms with Crippen molar-refractivity contribution < 1.29 is 33.4 Å². The van der Waals surface area contributed by atoms with Gasteiger partial charge in [0.1, 0.15) is 34.9 Å². The number of aryl methyl sites for hydroxylation is 1. The van der Waals surface area contributed by atoms with Crippen LogP contribution < -0.4 is 10.6 Å². The molecule has 11 nitrogen and oxygen atoms in total. The maximum Gasteiger partial charge on any atom is 0.408 e. The Hall–Kier alpha value is -5.67. The van der Waals surface area contributed by atoms with E-state index in [1.165, 1.54) is 21.7 Å². The van der Waals surface area contributed by atoms with Crippen molar-refractivity contribution in [3.63, 3.8) is 0 Å². The number of halogens is 1. The van der Waals surface area contributed by atoms with Gasteiger partial charge in [-0.2, -0.15) is 5.10 Å². The van der Waals surface area contributed by atoms with Crippen LogP contribution in [0.3, 0.4) is 0 Å². The number of anilines is 1. The van der Waals surface area contributed by atoms with Crippen LogP contribution in [0, 0.1) is 17.7 Å². The van der Waals surface area contributed by atoms with E-state index in [9.17, 15) is 23.9 Å². The zero-order valence-corrected chi connectivity index (χ0v) is 27.0. The normalized spacial score (nSPS) is 15.1. The molecule has 1 saturated heterocycles. The Bertz CT molecular complexity index is 1860. The van der Waals surface area contributed by atoms with Crippen molar-refractivity contribution in [2.45, 2.75) is 38.5 Å². The van der Waals surface area contributed by atoms with Gasteiger partial charge < -0.3 is 30.1 Å². The van der Waals surface area contributed by atoms with Crippen LogP contribution in [0.15, 0.2) is 79.0 Å². The number of amides is 3. The van der Waals surface area contributed by atoms with Crippen LogP contribution in [0.4, 0.5) is 14.9 Å². The lowest BCUT2D eigenvalue weighted by atomic mass is 10.0. The van der Waals surface area contributed by atoms with Crippen molar-refractivity contribution in [2.24, 2.45) is 7.05 Å². The maximum atomic E-state index is 13.9. The van der Waals surface area contributed by atoms with Crippen LogP contribution in [0.1, 0.15) is 43.5 Å². The number of carbonyl (C=O) groups excluding carboxylic acids is 3. The molecule has 0 unspecified atom stereocenters. The number of nitrogens with zero attached hydrogens (tertiary/aromatic N) is 3. The van der Waals surface area contributed by atoms with Gasteiger partial charge in [-0.05, 0) is 68.8 Å². The van der Waals surface area contributed by atoms with Gasteiger partial charge in [-0.1, -0.05) is 42.2 Å². The van der Waals surface area contributed by atoms with E-state index in [1.54, 1.807) is 88.6 Å². The van der Waals surface area contributed by atoms with E-state index in [-0.39, 0.29) is 31.1 Å². The fourth-order valence-electron chi connectivity index (χ4n) is 5.09. The van der Waals surface area contributed by atoms with Crippen LogP contribution in [0.25, 0.3) is 11.3 Å². The van der Waals surface area contributed by atoms with Gasteiger partial charge in [0.25, 0.3) is 5.91 Å². The quantitative estimate of drug-likeness (QED) is 0.256. The number of ether oxygens (including phenoxy) is 2. The lowest BCUT2D eigenvalue weighted by Gasteiger charge is -2.37. The highest BCUT2D eigenvalue weighted by Crippen LogP contribution is 2.31. The topological polar surface area (TPSA) is 135 Å². The Kier molecular flexibility index (Phi) is 10.1. The fourth-order valence-corrected chi connectivity index (χ4v) is 5.09. The first-order valence-electron chi connectivity index (χ1n) is 15.3. The van der Waals surface area contributed by atoms with Crippen molar-refractivity contribution in [3.8, 4) is 28.8 Å². The Labute approximate surface area is 277 Å². The van der Waals surface area contributed by atoms with E-state index < -0.39 is 41.4 Å². The predicted octanol–water partition coefficient (Wildman–Crippen LogP) is 4.76. The van der Waals surface area contributed by atoms with Gasteiger partial charge in [0.2, 0.25) is 5.91 Å². The molecule has 2 atom stereocenters. The van der Waals surface area contributed by atoms with Gasteiger partial charge in [0, 0.05) is 36.6 Å². The minimum atomic E-state index is -1.09. The molecule has 3 N–H and O–H groups in total. The largest absolute Gasteiger partial charge is 0.507 e. The Morgan fingerprint density at radius 2 is 1.79 bits per heavy atom. The van der Waals surface area contributed by atoms with Crippen molar-refractivity contribution in [3.05, 3.63) is 102 Å². The number of benzene rings is 3. The molecule has 0 bridgehead atoms. The summed E-state index contributed by atoms with van der Waals surface area (Å²) in [6.45, 7) is 5.54. The summed E-state index contributed by atoms with van der Waals surface area (Å²) in [5.74, 6) is 4.50. The van der Waals surface area contributed by atoms with Gasteiger partial charge >= 0.3 is 6.09 Å². The first-order chi connectivity index (χ1) is 22.9. The van der Waals surface area contributed by atoms with Crippen LogP contribution >= 0.6 is 0 Å². The second-order valence-electron chi connectivity index (χ2n) is 12.2. The Morgan fingerprint density at radius 1 is 1.06 bits per heavy atom. The first-order valence-corrected chi connectivity index (χ1v) is 15.3. The average molecular weight is 654 g/mol. The average Bonchev–Trinajstić information content (AvgIpc) is 3.43. The molecule has 1 aliphatic rings. The molecule has 2 heterocycles. The second-order valence-corrected chi connectivity index (χ2v) is 12.2. The molecule has 4 aromatic rings. The minimum absolute atomic E-state index is 0.0244. The molecule has 0 radical (unpaired) electrons. The SMILES string of the molecule is Cn1cc(C#Cc2ccc(NC(=O)[C@@H]3COCCN3C(=O)[C@H](NC(=O)OC(C)(C)C)c3ccccc3)cc2)c(-c2cc(F)ccc2O)n1. The minimum Gasteiger partial charge on any atom is -0.507 e. The number of phenolic OH excluding ortho intramolecular Hbond substituents is 1. The van der Waals surface area contributed by atoms with E-state index in [2.05, 4.69) is 27.6 Å². The third kappa shape index (κ3) is 8.37. The van der Waals surface area contributed by atoms with Gasteiger partial charge in [0.15, 0.2) is 0 Å². The van der Waals surface area contributed by atoms with Crippen LogP contribution in [0.5, 0.6) is 5.75 Å². The molecular formula is C36H36FN5O6. The maximum absolute atomic E-state index is 13.9. The molecule has 1 aliphatic heterocycles. The highest BCUT2D eigenvalue weighted by atomic mass is 19.1. The number of alkyl carbamates (subject to hydrolysis) is 1. The number of aromatic hydroxyl groups is 1. The number of morpholine rings is 1. The van der Waals surface area contributed by atoms with Crippen LogP contribution in [-0.2, 0) is 26.1 Å². The first kappa shape index (κ1) is 33.7. The van der Waals surface area contributed by atoms with Gasteiger partial charge in [-0.25, -0.2) is 9.18 Å². The lowest BCUT2D eigenvalue weighted by Crippen LogP contribution is -2.57. The number of carbonyl (C=O) groups is 3. The molecule has 0 spiro atoms. The Balaban J connectivity index is 1.30. The van der Waals surface area contributed by atoms with E-state index in [0.717, 1.165) is 6.07 Å². The van der Waals surface area contributed by atoms with E-state index in [4.69, 9.17) is 9.47 Å². The van der Waals surface area contributed by atoms with Crippen molar-refractivity contribution >= 4 is 23.6 Å². The van der Waals surface area contributed by atoms with Crippen molar-refractivity contribution in [1.82, 2.24) is 20.0 Å². The van der Waals surface area contributed by atoms with Crippen LogP contribution in [0.2, 0.25) is 0 Å². The number of aromatic nitrogens is 2. The fraction of sp³-hybridized carbons (Fsp3) is 0.278. The summed E-state index contributed by atoms with van der Waals surface area (Å²) in [6, 6.07) is 17.1. The summed E-state index contributed by atoms with van der Waals surface area (Å²) >= 11 is 0. The zero-order chi connectivity index (χ0) is 34.4. The molecule has 48 heavy (non-hydrogen) atoms. The zero-order valence-electron chi connectivity index (χ0n) is 27.0. The highest BCUT2D eigenvalue weighted by Gasteiger charge is 2.38. The summed E-state index contributed by atoms with van der Waals surface area (Å²) in [5.41, 5.74) is 1.94. The highest BCUT2D eigenvalue weighted by molar-refractivity contribution is 5.98. The number of phenols is 1. The number of hydrogen-bond donors (Lipinski definition) is 3. The summed E-state index contributed by atoms with van der Waals surface area (Å²) in [5, 5.41) is 20.1. The molecule has 3 amide bonds. The van der Waals surface area contributed by atoms with E-state index >= 15 is 0 Å². The molecule has 1 aromatic heterocycles. The van der Waals surface area contributed by atoms with E-state index in [1.807, 2.05) is 0 Å². The number of nitrogens with one attached hydrogen (secondary N) is 2. The third-order valence-electron chi connectivity index (χ3n) is 7.29. The third-order valence-corrected chi connectivity index (χ3v) is 7.29. The van der Waals surface area contributed by atoms with Crippen molar-refractivity contribution in [2.75, 3.05) is 25.1 Å². The molecule has 12 heteroatoms. The molecule has 5 rings (SSSR count). The summed E-state index contributed by atoms with van der Waals surface area (Å²) < 4.78 is 26.4. The molecular weight excluding hydrogens is 617 g/mol. The van der Waals surface area contributed by atoms with E-state index in [0.29, 0.717) is 28.1 Å². The molecule has 248 valence electrons. The summed E-state index contributed by atoms with van der Waals surface area (Å²) in [4.78, 5) is 41.5. The molecule has 1 fully saturated rings. The lowest BCUT2D eigenvalue weighted by molar-refractivity contribution is -0.148. The molecule has 0 saturated carbocycles. The molecule has 3 aromatic carbocycles. The van der Waals surface area contributed by atoms with Crippen LogP contribution in [-0.4, -0.2) is 69.1 Å². The standard InChI is InChI=1S/C36H36FN5O6/c1-36(2,3)48-35(46)39-32(24-8-6-5-7-9-24)34(45)42-18-19-47-22-29(42)33(44)38-27-15-11-23(12-16-27)10-13-25-21-41(4)40-31(25)28-20-26(37)14-17-30(28)43/h5-9,11-12,14-17,20-21,29,32,43H,18-19,22H2,1-4H3,(H,38,44)(H,39,46)/t29-,32+/m0/s1. The molecule has 0 aliphatic carbocycles. The van der Waals surface area contributed by atoms with Gasteiger partial charge in [0.05, 0.1) is 18.8 Å². The number of hydrogen-bond acceptors (Lipinski definition) is 7. The van der Waals surface area contributed by atoms with Gasteiger partial charge in [-0.3, -0.25) is 14.3 Å². The Morgan fingerprint density at radius 3 is 2.50 bits per heavy atom. The summed E-state index contributed by atoms with van der Waals surface area (Å²) in [7, 11) is 1.70. The predicted molar refractivity (Wildman–Crippen MR) is 176 cm³/mol. The van der Waals surface area contributed by atoms with Gasteiger partial charge in [-0.15, -0.1) is 0 Å². The smallest absolute Gasteiger partial charge is 0.408 e. The van der Waals surface area contributed by atoms with Crippen molar-refractivity contribution in [1.29, 1.82) is 0 Å². The second kappa shape index (κ2) is 14.4.